The standard InChI is InChI=1S/C23H23ClN2O5/c1-6-30-22(27)18-12(3)25-13(4)19(23(28)31-7-2)20(18)16-11-14-10-15(29-5)8-9-17(14)26-21(16)24/h8-11H,6-7H2,1-5H3. The number of esters is 2. The zero-order valence-corrected chi connectivity index (χ0v) is 18.8. The summed E-state index contributed by atoms with van der Waals surface area (Å²) in [6.07, 6.45) is 0. The Morgan fingerprint density at radius 3 is 2.03 bits per heavy atom. The van der Waals surface area contributed by atoms with Crippen LogP contribution in [0.4, 0.5) is 0 Å². The van der Waals surface area contributed by atoms with Crippen LogP contribution in [0.1, 0.15) is 46.0 Å². The van der Waals surface area contributed by atoms with E-state index in [1.54, 1.807) is 59.1 Å². The number of hydrogen-bond donors (Lipinski definition) is 0. The Bertz CT molecular complexity index is 1130. The second-order valence-corrected chi connectivity index (χ2v) is 7.09. The van der Waals surface area contributed by atoms with E-state index in [9.17, 15) is 9.59 Å². The summed E-state index contributed by atoms with van der Waals surface area (Å²) in [4.78, 5) is 34.6. The van der Waals surface area contributed by atoms with Gasteiger partial charge in [-0.3, -0.25) is 4.98 Å². The topological polar surface area (TPSA) is 87.6 Å². The van der Waals surface area contributed by atoms with Crippen molar-refractivity contribution in [3.8, 4) is 16.9 Å². The third-order valence-corrected chi connectivity index (χ3v) is 5.05. The first kappa shape index (κ1) is 22.5. The van der Waals surface area contributed by atoms with Crippen LogP contribution in [0.3, 0.4) is 0 Å². The van der Waals surface area contributed by atoms with Crippen LogP contribution >= 0.6 is 11.6 Å². The molecule has 2 aromatic heterocycles. The summed E-state index contributed by atoms with van der Waals surface area (Å²) < 4.78 is 15.8. The molecule has 1 aromatic carbocycles. The minimum atomic E-state index is -0.602. The van der Waals surface area contributed by atoms with E-state index in [0.717, 1.165) is 5.39 Å². The number of aromatic nitrogens is 2. The number of rotatable bonds is 6. The van der Waals surface area contributed by atoms with Crippen molar-refractivity contribution in [2.75, 3.05) is 20.3 Å². The fraction of sp³-hybridized carbons (Fsp3) is 0.304. The molecule has 0 saturated carbocycles. The van der Waals surface area contributed by atoms with Crippen molar-refractivity contribution in [1.82, 2.24) is 9.97 Å². The molecule has 3 aromatic rings. The van der Waals surface area contributed by atoms with Crippen molar-refractivity contribution in [3.63, 3.8) is 0 Å². The smallest absolute Gasteiger partial charge is 0.340 e. The van der Waals surface area contributed by atoms with Gasteiger partial charge in [0.2, 0.25) is 0 Å². The van der Waals surface area contributed by atoms with Crippen LogP contribution in [0.5, 0.6) is 5.75 Å². The highest BCUT2D eigenvalue weighted by Gasteiger charge is 2.29. The molecular weight excluding hydrogens is 420 g/mol. The van der Waals surface area contributed by atoms with E-state index < -0.39 is 11.9 Å². The molecule has 0 N–H and O–H groups in total. The molecule has 0 fully saturated rings. The number of benzene rings is 1. The third kappa shape index (κ3) is 4.32. The largest absolute Gasteiger partial charge is 0.497 e. The number of fused-ring (bicyclic) bond motifs is 1. The van der Waals surface area contributed by atoms with Gasteiger partial charge in [-0.25, -0.2) is 14.6 Å². The minimum absolute atomic E-state index is 0.138. The molecule has 2 heterocycles. The number of ether oxygens (including phenoxy) is 3. The molecule has 0 aliphatic carbocycles. The zero-order chi connectivity index (χ0) is 22.7. The van der Waals surface area contributed by atoms with Gasteiger partial charge in [0.15, 0.2) is 0 Å². The predicted molar refractivity (Wildman–Crippen MR) is 118 cm³/mol. The quantitative estimate of drug-likeness (QED) is 0.395. The number of hydrogen-bond acceptors (Lipinski definition) is 7. The molecule has 0 atom stereocenters. The first-order valence-corrected chi connectivity index (χ1v) is 10.2. The van der Waals surface area contributed by atoms with E-state index in [1.807, 2.05) is 0 Å². The number of aryl methyl sites for hydroxylation is 2. The number of methoxy groups -OCH3 is 1. The summed E-state index contributed by atoms with van der Waals surface area (Å²) in [6.45, 7) is 7.11. The summed E-state index contributed by atoms with van der Waals surface area (Å²) in [5.41, 5.74) is 2.49. The first-order valence-electron chi connectivity index (χ1n) is 9.82. The molecule has 0 amide bonds. The lowest BCUT2D eigenvalue weighted by atomic mass is 9.92. The highest BCUT2D eigenvalue weighted by atomic mass is 35.5. The third-order valence-electron chi connectivity index (χ3n) is 4.76. The molecule has 3 rings (SSSR count). The van der Waals surface area contributed by atoms with Gasteiger partial charge in [-0.1, -0.05) is 11.6 Å². The molecule has 0 aliphatic heterocycles. The number of pyridine rings is 2. The van der Waals surface area contributed by atoms with Gasteiger partial charge in [-0.15, -0.1) is 0 Å². The number of halogens is 1. The molecule has 162 valence electrons. The molecular formula is C23H23ClN2O5. The van der Waals surface area contributed by atoms with Gasteiger partial charge < -0.3 is 14.2 Å². The average molecular weight is 443 g/mol. The second kappa shape index (κ2) is 9.31. The molecule has 0 bridgehead atoms. The lowest BCUT2D eigenvalue weighted by Crippen LogP contribution is -2.17. The van der Waals surface area contributed by atoms with Crippen molar-refractivity contribution >= 4 is 34.4 Å². The van der Waals surface area contributed by atoms with Crippen LogP contribution in [0.25, 0.3) is 22.0 Å². The van der Waals surface area contributed by atoms with Crippen LogP contribution in [-0.4, -0.2) is 42.2 Å². The number of carbonyl (C=O) groups is 2. The maximum atomic E-state index is 12.9. The maximum Gasteiger partial charge on any atom is 0.340 e. The van der Waals surface area contributed by atoms with Gasteiger partial charge in [-0.05, 0) is 52.0 Å². The lowest BCUT2D eigenvalue weighted by molar-refractivity contribution is 0.0525. The Kier molecular flexibility index (Phi) is 6.75. The fourth-order valence-corrected chi connectivity index (χ4v) is 3.70. The number of nitrogens with zero attached hydrogens (tertiary/aromatic N) is 2. The fourth-order valence-electron chi connectivity index (χ4n) is 3.46. The monoisotopic (exact) mass is 442 g/mol. The second-order valence-electron chi connectivity index (χ2n) is 6.73. The van der Waals surface area contributed by atoms with Crippen molar-refractivity contribution < 1.29 is 23.8 Å². The van der Waals surface area contributed by atoms with Gasteiger partial charge in [0.25, 0.3) is 0 Å². The molecule has 0 unspecified atom stereocenters. The van der Waals surface area contributed by atoms with Crippen LogP contribution in [-0.2, 0) is 9.47 Å². The SMILES string of the molecule is CCOC(=O)c1c(C)nc(C)c(C(=O)OCC)c1-c1cc2cc(OC)ccc2nc1Cl. The van der Waals surface area contributed by atoms with Gasteiger partial charge in [0.05, 0.1) is 48.4 Å². The average Bonchev–Trinajstić information content (AvgIpc) is 2.72. The highest BCUT2D eigenvalue weighted by Crippen LogP contribution is 2.38. The van der Waals surface area contributed by atoms with Crippen LogP contribution < -0.4 is 4.74 Å². The summed E-state index contributed by atoms with van der Waals surface area (Å²) >= 11 is 6.56. The summed E-state index contributed by atoms with van der Waals surface area (Å²) in [5.74, 6) is -0.564. The molecule has 0 saturated heterocycles. The summed E-state index contributed by atoms with van der Waals surface area (Å²) in [7, 11) is 1.57. The van der Waals surface area contributed by atoms with Crippen molar-refractivity contribution in [2.45, 2.75) is 27.7 Å². The maximum absolute atomic E-state index is 12.9. The van der Waals surface area contributed by atoms with Crippen LogP contribution in [0.15, 0.2) is 24.3 Å². The Morgan fingerprint density at radius 2 is 1.52 bits per heavy atom. The predicted octanol–water partition coefficient (Wildman–Crippen LogP) is 4.93. The summed E-state index contributed by atoms with van der Waals surface area (Å²) in [6, 6.07) is 7.13. The van der Waals surface area contributed by atoms with E-state index >= 15 is 0 Å². The molecule has 7 nitrogen and oxygen atoms in total. The van der Waals surface area contributed by atoms with Crippen LogP contribution in [0.2, 0.25) is 5.15 Å². The van der Waals surface area contributed by atoms with E-state index in [2.05, 4.69) is 9.97 Å². The summed E-state index contributed by atoms with van der Waals surface area (Å²) in [5, 5.41) is 0.870. The molecule has 0 spiro atoms. The minimum Gasteiger partial charge on any atom is -0.497 e. The normalized spacial score (nSPS) is 10.8. The van der Waals surface area contributed by atoms with Crippen molar-refractivity contribution in [1.29, 1.82) is 0 Å². The van der Waals surface area contributed by atoms with Gasteiger partial charge in [0, 0.05) is 16.5 Å². The Hall–Kier alpha value is -3.19. The molecule has 31 heavy (non-hydrogen) atoms. The van der Waals surface area contributed by atoms with Gasteiger partial charge >= 0.3 is 11.9 Å². The Balaban J connectivity index is 2.43. The zero-order valence-electron chi connectivity index (χ0n) is 18.0. The van der Waals surface area contributed by atoms with Crippen molar-refractivity contribution in [3.05, 3.63) is 51.9 Å². The lowest BCUT2D eigenvalue weighted by Gasteiger charge is -2.18. The van der Waals surface area contributed by atoms with Crippen molar-refractivity contribution in [2.24, 2.45) is 0 Å². The van der Waals surface area contributed by atoms with E-state index in [1.165, 1.54) is 0 Å². The molecule has 0 radical (unpaired) electrons. The molecule has 8 heteroatoms. The van der Waals surface area contributed by atoms with E-state index in [-0.39, 0.29) is 29.5 Å². The Morgan fingerprint density at radius 1 is 0.935 bits per heavy atom. The first-order chi connectivity index (χ1) is 14.8. The molecule has 0 aliphatic rings. The Labute approximate surface area is 185 Å². The van der Waals surface area contributed by atoms with E-state index in [0.29, 0.717) is 33.8 Å². The van der Waals surface area contributed by atoms with Gasteiger partial charge in [-0.2, -0.15) is 0 Å². The van der Waals surface area contributed by atoms with Gasteiger partial charge in [0.1, 0.15) is 10.9 Å². The van der Waals surface area contributed by atoms with E-state index in [4.69, 9.17) is 25.8 Å². The highest BCUT2D eigenvalue weighted by molar-refractivity contribution is 6.33. The van der Waals surface area contributed by atoms with Crippen LogP contribution in [0, 0.1) is 13.8 Å². The number of carbonyl (C=O) groups excluding carboxylic acids is 2.